The van der Waals surface area contributed by atoms with Crippen LogP contribution >= 0.6 is 22.9 Å². The Morgan fingerprint density at radius 1 is 1.05 bits per heavy atom. The molecule has 3 heterocycles. The molecule has 0 radical (unpaired) electrons. The lowest BCUT2D eigenvalue weighted by Gasteiger charge is -2.04. The molecule has 19 heavy (non-hydrogen) atoms. The number of halogens is 1. The van der Waals surface area contributed by atoms with Crippen LogP contribution in [0.15, 0.2) is 0 Å². The zero-order chi connectivity index (χ0) is 13.7. The van der Waals surface area contributed by atoms with Crippen molar-refractivity contribution < 1.29 is 0 Å². The first-order valence-corrected chi connectivity index (χ1v) is 7.01. The van der Waals surface area contributed by atoms with Gasteiger partial charge in [0.05, 0.1) is 15.6 Å². The Bertz CT molecular complexity index is 789. The molecule has 3 aromatic rings. The van der Waals surface area contributed by atoms with Crippen LogP contribution in [-0.4, -0.2) is 24.8 Å². The zero-order valence-electron chi connectivity index (χ0n) is 11.0. The van der Waals surface area contributed by atoms with Crippen molar-refractivity contribution in [2.45, 2.75) is 27.7 Å². The van der Waals surface area contributed by atoms with Crippen LogP contribution in [0.1, 0.15) is 21.8 Å². The standard InChI is InChI=1S/C12H12ClN5S/c1-5-6(2)11-15-16-12(18(11)17-10(5)13)9-7(3)14-8(4)19-9/h1-4H3. The van der Waals surface area contributed by atoms with Gasteiger partial charge in [0.25, 0.3) is 0 Å². The SMILES string of the molecule is Cc1nc(C)c(-c2nnc3c(C)c(C)c(Cl)nn23)s1. The first-order chi connectivity index (χ1) is 8.99. The number of thiazole rings is 1. The van der Waals surface area contributed by atoms with Gasteiger partial charge < -0.3 is 0 Å². The second-order valence-corrected chi connectivity index (χ2v) is 6.01. The normalized spacial score (nSPS) is 11.4. The third kappa shape index (κ3) is 1.82. The molecule has 5 nitrogen and oxygen atoms in total. The van der Waals surface area contributed by atoms with E-state index in [1.54, 1.807) is 15.9 Å². The van der Waals surface area contributed by atoms with E-state index in [1.165, 1.54) is 0 Å². The molecule has 0 bridgehead atoms. The van der Waals surface area contributed by atoms with Crippen molar-refractivity contribution in [2.24, 2.45) is 0 Å². The van der Waals surface area contributed by atoms with Gasteiger partial charge in [-0.25, -0.2) is 4.98 Å². The summed E-state index contributed by atoms with van der Waals surface area (Å²) in [7, 11) is 0. The molecule has 0 fully saturated rings. The second-order valence-electron chi connectivity index (χ2n) is 4.45. The molecule has 0 spiro atoms. The molecule has 0 aliphatic heterocycles. The average molecular weight is 294 g/mol. The van der Waals surface area contributed by atoms with E-state index in [0.717, 1.165) is 32.4 Å². The molecule has 0 aromatic carbocycles. The Hall–Kier alpha value is -1.53. The van der Waals surface area contributed by atoms with Crippen molar-refractivity contribution in [1.29, 1.82) is 0 Å². The Balaban J connectivity index is 2.35. The Morgan fingerprint density at radius 2 is 1.79 bits per heavy atom. The van der Waals surface area contributed by atoms with Gasteiger partial charge >= 0.3 is 0 Å². The van der Waals surface area contributed by atoms with Crippen LogP contribution in [0.2, 0.25) is 5.15 Å². The van der Waals surface area contributed by atoms with Crippen molar-refractivity contribution in [2.75, 3.05) is 0 Å². The Labute approximate surface area is 119 Å². The summed E-state index contributed by atoms with van der Waals surface area (Å²) >= 11 is 7.74. The average Bonchev–Trinajstić information content (AvgIpc) is 2.90. The van der Waals surface area contributed by atoms with Crippen molar-refractivity contribution in [3.8, 4) is 10.7 Å². The van der Waals surface area contributed by atoms with Crippen LogP contribution in [0.4, 0.5) is 0 Å². The summed E-state index contributed by atoms with van der Waals surface area (Å²) in [6.07, 6.45) is 0. The van der Waals surface area contributed by atoms with Gasteiger partial charge in [-0.2, -0.15) is 9.61 Å². The highest BCUT2D eigenvalue weighted by Gasteiger charge is 2.18. The number of aryl methyl sites for hydroxylation is 3. The summed E-state index contributed by atoms with van der Waals surface area (Å²) in [5.41, 5.74) is 3.61. The molecule has 0 saturated carbocycles. The first kappa shape index (κ1) is 12.5. The smallest absolute Gasteiger partial charge is 0.197 e. The summed E-state index contributed by atoms with van der Waals surface area (Å²) in [5, 5.41) is 14.3. The maximum atomic E-state index is 6.15. The number of nitrogens with zero attached hydrogens (tertiary/aromatic N) is 5. The number of fused-ring (bicyclic) bond motifs is 1. The molecule has 0 amide bonds. The van der Waals surface area contributed by atoms with Crippen LogP contribution in [0.25, 0.3) is 16.3 Å². The fraction of sp³-hybridized carbons (Fsp3) is 0.333. The van der Waals surface area contributed by atoms with Gasteiger partial charge in [0.2, 0.25) is 0 Å². The molecule has 0 unspecified atom stereocenters. The molecule has 0 saturated heterocycles. The van der Waals surface area contributed by atoms with E-state index in [0.29, 0.717) is 11.0 Å². The maximum absolute atomic E-state index is 6.15. The second kappa shape index (κ2) is 4.25. The van der Waals surface area contributed by atoms with E-state index in [1.807, 2.05) is 27.7 Å². The van der Waals surface area contributed by atoms with Gasteiger partial charge in [-0.1, -0.05) is 11.6 Å². The summed E-state index contributed by atoms with van der Waals surface area (Å²) < 4.78 is 1.70. The topological polar surface area (TPSA) is 56.0 Å². The molecule has 3 aromatic heterocycles. The molecule has 0 N–H and O–H groups in total. The van der Waals surface area contributed by atoms with E-state index in [-0.39, 0.29) is 0 Å². The Kier molecular flexibility index (Phi) is 2.79. The van der Waals surface area contributed by atoms with Crippen LogP contribution in [0.3, 0.4) is 0 Å². The lowest BCUT2D eigenvalue weighted by Crippen LogP contribution is -2.00. The molecule has 0 atom stereocenters. The van der Waals surface area contributed by atoms with Crippen LogP contribution in [0, 0.1) is 27.7 Å². The molecule has 3 rings (SSSR count). The molecule has 98 valence electrons. The van der Waals surface area contributed by atoms with Crippen molar-refractivity contribution >= 4 is 28.6 Å². The number of hydrogen-bond acceptors (Lipinski definition) is 5. The number of rotatable bonds is 1. The van der Waals surface area contributed by atoms with Crippen LogP contribution < -0.4 is 0 Å². The molecular formula is C12H12ClN5S. The highest BCUT2D eigenvalue weighted by molar-refractivity contribution is 7.15. The van der Waals surface area contributed by atoms with Crippen molar-refractivity contribution in [3.63, 3.8) is 0 Å². The van der Waals surface area contributed by atoms with Gasteiger partial charge in [0.1, 0.15) is 0 Å². The Morgan fingerprint density at radius 3 is 2.42 bits per heavy atom. The van der Waals surface area contributed by atoms with E-state index in [9.17, 15) is 0 Å². The summed E-state index contributed by atoms with van der Waals surface area (Å²) in [5.74, 6) is 0.697. The van der Waals surface area contributed by atoms with Crippen LogP contribution in [0.5, 0.6) is 0 Å². The zero-order valence-corrected chi connectivity index (χ0v) is 12.6. The van der Waals surface area contributed by atoms with E-state index >= 15 is 0 Å². The summed E-state index contributed by atoms with van der Waals surface area (Å²) in [6, 6.07) is 0. The van der Waals surface area contributed by atoms with Gasteiger partial charge in [-0.15, -0.1) is 21.5 Å². The van der Waals surface area contributed by atoms with Crippen molar-refractivity contribution in [3.05, 3.63) is 27.0 Å². The molecular weight excluding hydrogens is 282 g/mol. The highest BCUT2D eigenvalue weighted by Crippen LogP contribution is 2.29. The van der Waals surface area contributed by atoms with E-state index < -0.39 is 0 Å². The summed E-state index contributed by atoms with van der Waals surface area (Å²) in [4.78, 5) is 5.40. The minimum Gasteiger partial charge on any atom is -0.246 e. The highest BCUT2D eigenvalue weighted by atomic mass is 35.5. The van der Waals surface area contributed by atoms with E-state index in [4.69, 9.17) is 11.6 Å². The van der Waals surface area contributed by atoms with Gasteiger partial charge in [0, 0.05) is 5.56 Å². The third-order valence-corrected chi connectivity index (χ3v) is 4.57. The maximum Gasteiger partial charge on any atom is 0.197 e. The quantitative estimate of drug-likeness (QED) is 0.691. The number of hydrogen-bond donors (Lipinski definition) is 0. The molecule has 0 aliphatic rings. The summed E-state index contributed by atoms with van der Waals surface area (Å²) in [6.45, 7) is 7.84. The first-order valence-electron chi connectivity index (χ1n) is 5.81. The lowest BCUT2D eigenvalue weighted by atomic mass is 10.2. The minimum atomic E-state index is 0.477. The van der Waals surface area contributed by atoms with Crippen molar-refractivity contribution in [1.82, 2.24) is 24.8 Å². The van der Waals surface area contributed by atoms with Gasteiger partial charge in [-0.05, 0) is 33.3 Å². The minimum absolute atomic E-state index is 0.477. The monoisotopic (exact) mass is 293 g/mol. The van der Waals surface area contributed by atoms with E-state index in [2.05, 4.69) is 20.3 Å². The van der Waals surface area contributed by atoms with Crippen LogP contribution in [-0.2, 0) is 0 Å². The lowest BCUT2D eigenvalue weighted by molar-refractivity contribution is 0.919. The number of aromatic nitrogens is 5. The largest absolute Gasteiger partial charge is 0.246 e. The van der Waals surface area contributed by atoms with Gasteiger partial charge in [-0.3, -0.25) is 0 Å². The van der Waals surface area contributed by atoms with Gasteiger partial charge in [0.15, 0.2) is 16.6 Å². The predicted molar refractivity (Wildman–Crippen MR) is 75.8 cm³/mol. The third-order valence-electron chi connectivity index (χ3n) is 3.14. The predicted octanol–water partition coefficient (Wildman–Crippen LogP) is 3.13. The molecule has 0 aliphatic carbocycles. The fourth-order valence-electron chi connectivity index (χ4n) is 1.97. The fourth-order valence-corrected chi connectivity index (χ4v) is 3.08. The molecule has 7 heteroatoms.